The molecule has 2 rings (SSSR count). The molecule has 1 aromatic rings. The Labute approximate surface area is 99.6 Å². The minimum absolute atomic E-state index is 0.0227. The van der Waals surface area contributed by atoms with Crippen LogP contribution in [0.3, 0.4) is 0 Å². The van der Waals surface area contributed by atoms with Gasteiger partial charge in [0, 0.05) is 18.7 Å². The van der Waals surface area contributed by atoms with Crippen LogP contribution in [-0.4, -0.2) is 37.3 Å². The van der Waals surface area contributed by atoms with E-state index < -0.39 is 0 Å². The highest BCUT2D eigenvalue weighted by Gasteiger charge is 2.20. The second-order valence-corrected chi connectivity index (χ2v) is 3.88. The van der Waals surface area contributed by atoms with Crippen molar-refractivity contribution in [1.29, 1.82) is 0 Å². The summed E-state index contributed by atoms with van der Waals surface area (Å²) in [4.78, 5) is 0. The number of benzene rings is 1. The molecule has 1 aliphatic rings. The highest BCUT2D eigenvalue weighted by molar-refractivity contribution is 6.05. The van der Waals surface area contributed by atoms with Crippen molar-refractivity contribution in [3.05, 3.63) is 23.8 Å². The van der Waals surface area contributed by atoms with Crippen LogP contribution in [0.1, 0.15) is 12.5 Å². The number of fused-ring (bicyclic) bond motifs is 1. The van der Waals surface area contributed by atoms with E-state index in [0.717, 1.165) is 5.56 Å². The van der Waals surface area contributed by atoms with Gasteiger partial charge < -0.3 is 19.4 Å². The summed E-state index contributed by atoms with van der Waals surface area (Å²) >= 11 is 0. The van der Waals surface area contributed by atoms with Crippen molar-refractivity contribution in [3.8, 4) is 11.5 Å². The Kier molecular flexibility index (Phi) is 3.49. The van der Waals surface area contributed by atoms with Gasteiger partial charge in [0.05, 0.1) is 6.61 Å². The molecule has 1 aromatic carbocycles. The number of ether oxygens (including phenoxy) is 3. The van der Waals surface area contributed by atoms with Crippen molar-refractivity contribution in [1.82, 2.24) is 0 Å². The summed E-state index contributed by atoms with van der Waals surface area (Å²) in [5.74, 6) is 1.40. The van der Waals surface area contributed by atoms with Crippen molar-refractivity contribution < 1.29 is 19.4 Å². The van der Waals surface area contributed by atoms with E-state index in [2.05, 4.69) is 5.16 Å². The normalized spacial score (nSPS) is 17.6. The van der Waals surface area contributed by atoms with Gasteiger partial charge in [-0.1, -0.05) is 5.16 Å². The van der Waals surface area contributed by atoms with E-state index in [4.69, 9.17) is 19.4 Å². The highest BCUT2D eigenvalue weighted by Crippen LogP contribution is 2.30. The molecule has 0 spiro atoms. The second kappa shape index (κ2) is 5.05. The predicted octanol–water partition coefficient (Wildman–Crippen LogP) is 1.67. The summed E-state index contributed by atoms with van der Waals surface area (Å²) in [5, 5.41) is 11.9. The van der Waals surface area contributed by atoms with Gasteiger partial charge in [0.1, 0.15) is 29.9 Å². The van der Waals surface area contributed by atoms with Crippen LogP contribution in [0, 0.1) is 0 Å². The fourth-order valence-corrected chi connectivity index (χ4v) is 1.74. The molecule has 0 aromatic heterocycles. The van der Waals surface area contributed by atoms with E-state index in [1.54, 1.807) is 13.2 Å². The Bertz CT molecular complexity index is 431. The van der Waals surface area contributed by atoms with Crippen molar-refractivity contribution in [3.63, 3.8) is 0 Å². The number of hydrogen-bond donors (Lipinski definition) is 1. The van der Waals surface area contributed by atoms with Crippen LogP contribution >= 0.6 is 0 Å². The van der Waals surface area contributed by atoms with Gasteiger partial charge in [-0.3, -0.25) is 0 Å². The molecule has 1 aliphatic heterocycles. The van der Waals surface area contributed by atoms with Gasteiger partial charge in [-0.15, -0.1) is 0 Å². The molecule has 92 valence electrons. The van der Waals surface area contributed by atoms with E-state index in [-0.39, 0.29) is 6.10 Å². The fourth-order valence-electron chi connectivity index (χ4n) is 1.74. The molecule has 0 amide bonds. The first kappa shape index (κ1) is 11.7. The maximum atomic E-state index is 8.76. The predicted molar refractivity (Wildman–Crippen MR) is 62.2 cm³/mol. The van der Waals surface area contributed by atoms with Gasteiger partial charge in [0.25, 0.3) is 0 Å². The molecule has 0 radical (unpaired) electrons. The lowest BCUT2D eigenvalue weighted by Gasteiger charge is -2.14. The quantitative estimate of drug-likeness (QED) is 0.639. The third-order valence-corrected chi connectivity index (χ3v) is 2.49. The minimum Gasteiger partial charge on any atom is -0.488 e. The lowest BCUT2D eigenvalue weighted by Crippen LogP contribution is -2.17. The Morgan fingerprint density at radius 1 is 1.53 bits per heavy atom. The summed E-state index contributed by atoms with van der Waals surface area (Å²) in [5.41, 5.74) is 1.34. The number of hydrogen-bond acceptors (Lipinski definition) is 5. The molecule has 5 heteroatoms. The molecule has 17 heavy (non-hydrogen) atoms. The zero-order valence-electron chi connectivity index (χ0n) is 9.84. The Morgan fingerprint density at radius 3 is 3.06 bits per heavy atom. The largest absolute Gasteiger partial charge is 0.488 e. The monoisotopic (exact) mass is 237 g/mol. The zero-order valence-corrected chi connectivity index (χ0v) is 9.84. The first-order chi connectivity index (χ1) is 8.24. The van der Waals surface area contributed by atoms with Gasteiger partial charge >= 0.3 is 0 Å². The number of nitrogens with zero attached hydrogens (tertiary/aromatic N) is 1. The molecule has 1 unspecified atom stereocenters. The zero-order chi connectivity index (χ0) is 12.3. The van der Waals surface area contributed by atoms with E-state index in [1.807, 2.05) is 19.1 Å². The van der Waals surface area contributed by atoms with Crippen LogP contribution in [0.25, 0.3) is 0 Å². The van der Waals surface area contributed by atoms with E-state index in [9.17, 15) is 0 Å². The Balaban J connectivity index is 2.13. The fraction of sp³-hybridized carbons (Fsp3) is 0.417. The Hall–Kier alpha value is -1.75. The molecule has 0 bridgehead atoms. The van der Waals surface area contributed by atoms with Gasteiger partial charge in [-0.05, 0) is 19.1 Å². The van der Waals surface area contributed by atoms with Crippen LogP contribution < -0.4 is 9.47 Å². The highest BCUT2D eigenvalue weighted by atomic mass is 16.5. The summed E-state index contributed by atoms with van der Waals surface area (Å²) in [7, 11) is 1.63. The summed E-state index contributed by atoms with van der Waals surface area (Å²) in [6, 6.07) is 5.44. The van der Waals surface area contributed by atoms with Crippen molar-refractivity contribution in [2.24, 2.45) is 5.16 Å². The average Bonchev–Trinajstić information content (AvgIpc) is 2.71. The van der Waals surface area contributed by atoms with E-state index >= 15 is 0 Å². The lowest BCUT2D eigenvalue weighted by molar-refractivity contribution is 0.0919. The lowest BCUT2D eigenvalue weighted by atomic mass is 10.1. The van der Waals surface area contributed by atoms with Crippen LogP contribution in [-0.2, 0) is 4.74 Å². The first-order valence-electron chi connectivity index (χ1n) is 5.38. The summed E-state index contributed by atoms with van der Waals surface area (Å²) in [6.07, 6.45) is -0.0227. The summed E-state index contributed by atoms with van der Waals surface area (Å²) < 4.78 is 16.0. The first-order valence-corrected chi connectivity index (χ1v) is 5.38. The molecular weight excluding hydrogens is 222 g/mol. The van der Waals surface area contributed by atoms with Crippen molar-refractivity contribution >= 4 is 5.71 Å². The molecule has 0 aliphatic carbocycles. The van der Waals surface area contributed by atoms with Gasteiger partial charge in [-0.25, -0.2) is 0 Å². The summed E-state index contributed by atoms with van der Waals surface area (Å²) in [6.45, 7) is 2.75. The van der Waals surface area contributed by atoms with Crippen LogP contribution in [0.5, 0.6) is 11.5 Å². The molecular formula is C12H15NO4. The van der Waals surface area contributed by atoms with Crippen LogP contribution in [0.2, 0.25) is 0 Å². The molecule has 0 fully saturated rings. The van der Waals surface area contributed by atoms with Crippen LogP contribution in [0.4, 0.5) is 0 Å². The van der Waals surface area contributed by atoms with Crippen molar-refractivity contribution in [2.45, 2.75) is 13.0 Å². The third-order valence-electron chi connectivity index (χ3n) is 2.49. The van der Waals surface area contributed by atoms with Gasteiger partial charge in [0.15, 0.2) is 0 Å². The Morgan fingerprint density at radius 2 is 2.35 bits per heavy atom. The van der Waals surface area contributed by atoms with Gasteiger partial charge in [0.2, 0.25) is 0 Å². The molecule has 0 saturated carbocycles. The third kappa shape index (κ3) is 2.50. The SMILES string of the molecule is COCC(C)Oc1ccc2c(c1)OCC2=NO. The molecule has 1 heterocycles. The van der Waals surface area contributed by atoms with Crippen LogP contribution in [0.15, 0.2) is 23.4 Å². The maximum Gasteiger partial charge on any atom is 0.134 e. The second-order valence-electron chi connectivity index (χ2n) is 3.88. The maximum absolute atomic E-state index is 8.76. The smallest absolute Gasteiger partial charge is 0.134 e. The molecule has 0 saturated heterocycles. The number of methoxy groups -OCH3 is 1. The topological polar surface area (TPSA) is 60.3 Å². The average molecular weight is 237 g/mol. The molecule has 5 nitrogen and oxygen atoms in total. The minimum atomic E-state index is -0.0227. The van der Waals surface area contributed by atoms with E-state index in [1.165, 1.54) is 0 Å². The molecule has 1 atom stereocenters. The standard InChI is InChI=1S/C12H15NO4/c1-8(6-15-2)17-9-3-4-10-11(13-14)7-16-12(10)5-9/h3-5,8,14H,6-7H2,1-2H3. The van der Waals surface area contributed by atoms with E-state index in [0.29, 0.717) is 30.4 Å². The van der Waals surface area contributed by atoms with Crippen molar-refractivity contribution in [2.75, 3.05) is 20.3 Å². The number of oxime groups is 1. The van der Waals surface area contributed by atoms with Gasteiger partial charge in [-0.2, -0.15) is 0 Å². The molecule has 1 N–H and O–H groups in total. The number of rotatable bonds is 4.